The molecule has 4 amide bonds. The molecule has 5 heteroatoms. The minimum Gasteiger partial charge on any atom is -0.269 e. The first-order valence-corrected chi connectivity index (χ1v) is 4.78. The van der Waals surface area contributed by atoms with Crippen LogP contribution in [0.5, 0.6) is 0 Å². The van der Waals surface area contributed by atoms with Crippen LogP contribution in [0.15, 0.2) is 18.2 Å². The number of carbonyl (C=O) groups is 3. The molecule has 1 aliphatic heterocycles. The monoisotopic (exact) mass is 218 g/mol. The number of amides is 4. The Balaban J connectivity index is 2.53. The molecule has 5 nitrogen and oxygen atoms in total. The molecule has 1 saturated heterocycles. The van der Waals surface area contributed by atoms with E-state index < -0.39 is 17.8 Å². The summed E-state index contributed by atoms with van der Waals surface area (Å²) in [6.45, 7) is 3.67. The predicted octanol–water partition coefficient (Wildman–Crippen LogP) is 0.886. The third kappa shape index (κ3) is 1.37. The molecule has 1 aromatic rings. The Morgan fingerprint density at radius 2 is 1.81 bits per heavy atom. The maximum absolute atomic E-state index is 11.5. The summed E-state index contributed by atoms with van der Waals surface area (Å²) in [6, 6.07) is 4.56. The highest BCUT2D eigenvalue weighted by Gasteiger charge is 2.38. The van der Waals surface area contributed by atoms with Gasteiger partial charge in [0.1, 0.15) is 0 Å². The fraction of sp³-hybridized carbons (Fsp3) is 0.182. The van der Waals surface area contributed by atoms with Crippen LogP contribution in [0.25, 0.3) is 0 Å². The van der Waals surface area contributed by atoms with E-state index in [-0.39, 0.29) is 0 Å². The lowest BCUT2D eigenvalue weighted by Crippen LogP contribution is -2.31. The number of nitrogens with zero attached hydrogens (tertiary/aromatic N) is 1. The first-order valence-electron chi connectivity index (χ1n) is 4.78. The van der Waals surface area contributed by atoms with Crippen molar-refractivity contribution in [2.75, 3.05) is 4.90 Å². The Labute approximate surface area is 92.0 Å². The number of hydrogen-bond acceptors (Lipinski definition) is 3. The molecule has 0 radical (unpaired) electrons. The van der Waals surface area contributed by atoms with E-state index in [1.165, 1.54) is 0 Å². The number of rotatable bonds is 1. The van der Waals surface area contributed by atoms with Gasteiger partial charge in [0.05, 0.1) is 5.69 Å². The Hall–Kier alpha value is -2.17. The summed E-state index contributed by atoms with van der Waals surface area (Å²) in [5.41, 5.74) is 2.21. The van der Waals surface area contributed by atoms with Gasteiger partial charge in [0.2, 0.25) is 0 Å². The fourth-order valence-corrected chi connectivity index (χ4v) is 1.60. The smallest absolute Gasteiger partial charge is 0.269 e. The summed E-state index contributed by atoms with van der Waals surface area (Å²) in [6.07, 6.45) is 0. The number of hydrogen-bond donors (Lipinski definition) is 1. The van der Waals surface area contributed by atoms with Crippen molar-refractivity contribution in [2.24, 2.45) is 0 Å². The number of aryl methyl sites for hydroxylation is 1. The maximum Gasteiger partial charge on any atom is 0.336 e. The Bertz CT molecular complexity index is 508. The van der Waals surface area contributed by atoms with E-state index in [0.29, 0.717) is 5.69 Å². The van der Waals surface area contributed by atoms with Crippen molar-refractivity contribution in [3.05, 3.63) is 29.3 Å². The lowest BCUT2D eigenvalue weighted by Gasteiger charge is -2.15. The third-order valence-electron chi connectivity index (χ3n) is 2.64. The molecule has 0 atom stereocenters. The molecule has 1 aliphatic rings. The van der Waals surface area contributed by atoms with Gasteiger partial charge in [-0.1, -0.05) is 12.1 Å². The molecule has 82 valence electrons. The summed E-state index contributed by atoms with van der Waals surface area (Å²) in [4.78, 5) is 34.8. The third-order valence-corrected chi connectivity index (χ3v) is 2.64. The molecule has 1 heterocycles. The maximum atomic E-state index is 11.5. The summed E-state index contributed by atoms with van der Waals surface area (Å²) in [5.74, 6) is -1.72. The van der Waals surface area contributed by atoms with Crippen LogP contribution < -0.4 is 10.2 Å². The van der Waals surface area contributed by atoms with Crippen molar-refractivity contribution in [1.82, 2.24) is 5.32 Å². The van der Waals surface area contributed by atoms with E-state index >= 15 is 0 Å². The highest BCUT2D eigenvalue weighted by Crippen LogP contribution is 2.24. The normalized spacial score (nSPS) is 15.6. The second kappa shape index (κ2) is 3.44. The van der Waals surface area contributed by atoms with Gasteiger partial charge in [0.15, 0.2) is 0 Å². The van der Waals surface area contributed by atoms with Crippen LogP contribution in [-0.4, -0.2) is 17.8 Å². The molecule has 0 bridgehead atoms. The highest BCUT2D eigenvalue weighted by atomic mass is 16.2. The lowest BCUT2D eigenvalue weighted by atomic mass is 10.1. The summed E-state index contributed by atoms with van der Waals surface area (Å²) in [7, 11) is 0. The van der Waals surface area contributed by atoms with Gasteiger partial charge in [0, 0.05) is 0 Å². The molecule has 0 saturated carbocycles. The van der Waals surface area contributed by atoms with Gasteiger partial charge in [0.25, 0.3) is 0 Å². The second-order valence-electron chi connectivity index (χ2n) is 3.62. The Morgan fingerprint density at radius 1 is 1.12 bits per heavy atom. The molecular weight excluding hydrogens is 208 g/mol. The standard InChI is InChI=1S/C11H10N2O3/c1-6-4-3-5-8(7(6)2)13-10(15)9(14)12-11(13)16/h3-5H,1-2H3,(H,12,14,16). The van der Waals surface area contributed by atoms with Gasteiger partial charge < -0.3 is 0 Å². The van der Waals surface area contributed by atoms with E-state index in [1.54, 1.807) is 19.1 Å². The van der Waals surface area contributed by atoms with Gasteiger partial charge >= 0.3 is 17.8 Å². The molecule has 1 aromatic carbocycles. The topological polar surface area (TPSA) is 66.5 Å². The molecule has 1 fully saturated rings. The summed E-state index contributed by atoms with van der Waals surface area (Å²) >= 11 is 0. The van der Waals surface area contributed by atoms with E-state index in [1.807, 2.05) is 18.3 Å². The van der Waals surface area contributed by atoms with E-state index in [9.17, 15) is 14.4 Å². The van der Waals surface area contributed by atoms with Crippen LogP contribution >= 0.6 is 0 Å². The molecule has 0 aromatic heterocycles. The second-order valence-corrected chi connectivity index (χ2v) is 3.62. The van der Waals surface area contributed by atoms with Crippen molar-refractivity contribution in [1.29, 1.82) is 0 Å². The van der Waals surface area contributed by atoms with Crippen LogP contribution in [0, 0.1) is 13.8 Å². The van der Waals surface area contributed by atoms with Crippen LogP contribution in [0.2, 0.25) is 0 Å². The first-order chi connectivity index (χ1) is 7.52. The molecular formula is C11H10N2O3. The van der Waals surface area contributed by atoms with Crippen LogP contribution in [0.1, 0.15) is 11.1 Å². The average molecular weight is 218 g/mol. The Morgan fingerprint density at radius 3 is 2.38 bits per heavy atom. The van der Waals surface area contributed by atoms with Gasteiger partial charge in [-0.2, -0.15) is 0 Å². The molecule has 0 spiro atoms. The summed E-state index contributed by atoms with van der Waals surface area (Å²) in [5, 5.41) is 1.96. The van der Waals surface area contributed by atoms with Crippen LogP contribution in [-0.2, 0) is 9.59 Å². The van der Waals surface area contributed by atoms with Crippen LogP contribution in [0.3, 0.4) is 0 Å². The van der Waals surface area contributed by atoms with Crippen molar-refractivity contribution in [2.45, 2.75) is 13.8 Å². The molecule has 0 aliphatic carbocycles. The number of anilines is 1. The number of nitrogens with one attached hydrogen (secondary N) is 1. The van der Waals surface area contributed by atoms with E-state index in [0.717, 1.165) is 16.0 Å². The van der Waals surface area contributed by atoms with Crippen LogP contribution in [0.4, 0.5) is 10.5 Å². The van der Waals surface area contributed by atoms with Gasteiger partial charge in [-0.3, -0.25) is 14.9 Å². The number of imide groups is 2. The minimum absolute atomic E-state index is 0.452. The SMILES string of the molecule is Cc1cccc(N2C(=O)NC(=O)C2=O)c1C. The van der Waals surface area contributed by atoms with Gasteiger partial charge in [-0.15, -0.1) is 0 Å². The van der Waals surface area contributed by atoms with Crippen molar-refractivity contribution in [3.63, 3.8) is 0 Å². The zero-order chi connectivity index (χ0) is 11.9. The van der Waals surface area contributed by atoms with Crippen molar-refractivity contribution < 1.29 is 14.4 Å². The quantitative estimate of drug-likeness (QED) is 0.562. The first kappa shape index (κ1) is 10.4. The van der Waals surface area contributed by atoms with E-state index in [2.05, 4.69) is 0 Å². The fourth-order valence-electron chi connectivity index (χ4n) is 1.60. The largest absolute Gasteiger partial charge is 0.336 e. The zero-order valence-electron chi connectivity index (χ0n) is 8.90. The van der Waals surface area contributed by atoms with E-state index in [4.69, 9.17) is 0 Å². The van der Waals surface area contributed by atoms with Gasteiger partial charge in [-0.25, -0.2) is 9.69 Å². The number of carbonyl (C=O) groups excluding carboxylic acids is 3. The van der Waals surface area contributed by atoms with Crippen molar-refractivity contribution >= 4 is 23.5 Å². The molecule has 1 N–H and O–H groups in total. The molecule has 0 unspecified atom stereocenters. The summed E-state index contributed by atoms with van der Waals surface area (Å²) < 4.78 is 0. The number of benzene rings is 1. The zero-order valence-corrected chi connectivity index (χ0v) is 8.90. The number of urea groups is 1. The minimum atomic E-state index is -0.883. The Kier molecular flexibility index (Phi) is 2.23. The average Bonchev–Trinajstić information content (AvgIpc) is 2.47. The molecule has 2 rings (SSSR count). The highest BCUT2D eigenvalue weighted by molar-refractivity contribution is 6.53. The lowest BCUT2D eigenvalue weighted by molar-refractivity contribution is -0.134. The predicted molar refractivity (Wildman–Crippen MR) is 56.9 cm³/mol. The molecule has 16 heavy (non-hydrogen) atoms. The van der Waals surface area contributed by atoms with Gasteiger partial charge in [-0.05, 0) is 31.0 Å². The van der Waals surface area contributed by atoms with Crippen molar-refractivity contribution in [3.8, 4) is 0 Å².